The maximum absolute atomic E-state index is 12.0. The lowest BCUT2D eigenvalue weighted by atomic mass is 10.1. The first-order valence-corrected chi connectivity index (χ1v) is 8.92. The molecule has 2 heterocycles. The minimum Gasteiger partial charge on any atom is -0.450 e. The van der Waals surface area contributed by atoms with Crippen molar-refractivity contribution in [3.63, 3.8) is 0 Å². The maximum Gasteiger partial charge on any atom is 0.409 e. The van der Waals surface area contributed by atoms with E-state index in [1.165, 1.54) is 6.20 Å². The zero-order chi connectivity index (χ0) is 18.9. The molecule has 2 amide bonds. The second-order valence-corrected chi connectivity index (χ2v) is 6.45. The van der Waals surface area contributed by atoms with Crippen LogP contribution in [0.3, 0.4) is 0 Å². The predicted molar refractivity (Wildman–Crippen MR) is 98.2 cm³/mol. The SMILES string of the molecule is CCOC(=O)N1CCC(Nc2cnc(C(=O)NCCN(C)C)cn2)CC1. The van der Waals surface area contributed by atoms with E-state index >= 15 is 0 Å². The zero-order valence-electron chi connectivity index (χ0n) is 15.7. The molecule has 1 aromatic rings. The standard InChI is InChI=1S/C17H28N6O3/c1-4-26-17(25)23-8-5-13(6-9-23)21-15-12-19-14(11-20-15)16(24)18-7-10-22(2)3/h11-13H,4-10H2,1-3H3,(H,18,24)(H,20,21). The summed E-state index contributed by atoms with van der Waals surface area (Å²) < 4.78 is 5.02. The molecule has 1 fully saturated rings. The Labute approximate surface area is 154 Å². The molecule has 0 radical (unpaired) electrons. The van der Waals surface area contributed by atoms with Crippen LogP contribution in [0.2, 0.25) is 0 Å². The van der Waals surface area contributed by atoms with Crippen molar-refractivity contribution in [3.8, 4) is 0 Å². The van der Waals surface area contributed by atoms with E-state index in [0.717, 1.165) is 19.4 Å². The van der Waals surface area contributed by atoms with E-state index in [1.54, 1.807) is 18.0 Å². The molecule has 1 saturated heterocycles. The van der Waals surface area contributed by atoms with Gasteiger partial charge in [0.05, 0.1) is 19.0 Å². The summed E-state index contributed by atoms with van der Waals surface area (Å²) in [4.78, 5) is 35.8. The fourth-order valence-corrected chi connectivity index (χ4v) is 2.63. The number of piperidine rings is 1. The molecule has 2 N–H and O–H groups in total. The molecule has 0 saturated carbocycles. The summed E-state index contributed by atoms with van der Waals surface area (Å²) in [5.41, 5.74) is 0.298. The van der Waals surface area contributed by atoms with Crippen LogP contribution >= 0.6 is 0 Å². The van der Waals surface area contributed by atoms with Gasteiger partial charge in [0.15, 0.2) is 0 Å². The summed E-state index contributed by atoms with van der Waals surface area (Å²) in [5, 5.41) is 6.11. The summed E-state index contributed by atoms with van der Waals surface area (Å²) in [6.45, 7) is 4.82. The lowest BCUT2D eigenvalue weighted by molar-refractivity contribution is 0.0944. The molecule has 0 bridgehead atoms. The number of anilines is 1. The van der Waals surface area contributed by atoms with Gasteiger partial charge in [-0.3, -0.25) is 4.79 Å². The van der Waals surface area contributed by atoms with E-state index in [0.29, 0.717) is 37.8 Å². The normalized spacial score (nSPS) is 15.0. The third kappa shape index (κ3) is 6.14. The number of ether oxygens (including phenoxy) is 1. The maximum atomic E-state index is 12.0. The van der Waals surface area contributed by atoms with Crippen molar-refractivity contribution in [3.05, 3.63) is 18.1 Å². The van der Waals surface area contributed by atoms with Crippen molar-refractivity contribution >= 4 is 17.8 Å². The number of carbonyl (C=O) groups excluding carboxylic acids is 2. The molecule has 0 aromatic carbocycles. The quantitative estimate of drug-likeness (QED) is 0.738. The van der Waals surface area contributed by atoms with Gasteiger partial charge in [0.1, 0.15) is 11.5 Å². The number of likely N-dealkylation sites (N-methyl/N-ethyl adjacent to an activating group) is 1. The highest BCUT2D eigenvalue weighted by molar-refractivity contribution is 5.91. The zero-order valence-corrected chi connectivity index (χ0v) is 15.7. The largest absolute Gasteiger partial charge is 0.450 e. The first-order chi connectivity index (χ1) is 12.5. The van der Waals surface area contributed by atoms with Gasteiger partial charge in [0.2, 0.25) is 0 Å². The molecular formula is C17H28N6O3. The van der Waals surface area contributed by atoms with Crippen molar-refractivity contribution in [2.75, 3.05) is 52.2 Å². The highest BCUT2D eigenvalue weighted by Crippen LogP contribution is 2.15. The van der Waals surface area contributed by atoms with Gasteiger partial charge in [-0.05, 0) is 33.9 Å². The van der Waals surface area contributed by atoms with Gasteiger partial charge in [0, 0.05) is 32.2 Å². The average molecular weight is 364 g/mol. The fraction of sp³-hybridized carbons (Fsp3) is 0.647. The van der Waals surface area contributed by atoms with Crippen molar-refractivity contribution in [2.24, 2.45) is 0 Å². The first-order valence-electron chi connectivity index (χ1n) is 8.92. The molecule has 26 heavy (non-hydrogen) atoms. The van der Waals surface area contributed by atoms with Gasteiger partial charge in [-0.25, -0.2) is 14.8 Å². The van der Waals surface area contributed by atoms with Crippen LogP contribution in [-0.2, 0) is 4.74 Å². The highest BCUT2D eigenvalue weighted by Gasteiger charge is 2.23. The number of hydrogen-bond donors (Lipinski definition) is 2. The Bertz CT molecular complexity index is 585. The van der Waals surface area contributed by atoms with Gasteiger partial charge >= 0.3 is 6.09 Å². The Kier molecular flexibility index (Phi) is 7.58. The lowest BCUT2D eigenvalue weighted by Gasteiger charge is -2.31. The van der Waals surface area contributed by atoms with Gasteiger partial charge in [-0.15, -0.1) is 0 Å². The summed E-state index contributed by atoms with van der Waals surface area (Å²) in [6, 6.07) is 0.217. The molecule has 0 aliphatic carbocycles. The molecule has 0 unspecified atom stereocenters. The minimum absolute atomic E-state index is 0.217. The molecule has 144 valence electrons. The Morgan fingerprint density at radius 2 is 2.00 bits per heavy atom. The predicted octanol–water partition coefficient (Wildman–Crippen LogP) is 0.801. The van der Waals surface area contributed by atoms with Crippen LogP contribution in [0.15, 0.2) is 12.4 Å². The number of likely N-dealkylation sites (tertiary alicyclic amines) is 1. The van der Waals surface area contributed by atoms with Gasteiger partial charge in [0.25, 0.3) is 5.91 Å². The van der Waals surface area contributed by atoms with Crippen LogP contribution in [0.1, 0.15) is 30.3 Å². The summed E-state index contributed by atoms with van der Waals surface area (Å²) in [6.07, 6.45) is 4.41. The number of nitrogens with zero attached hydrogens (tertiary/aromatic N) is 4. The van der Waals surface area contributed by atoms with E-state index in [9.17, 15) is 9.59 Å². The molecule has 9 heteroatoms. The number of hydrogen-bond acceptors (Lipinski definition) is 7. The summed E-state index contributed by atoms with van der Waals surface area (Å²) >= 11 is 0. The van der Waals surface area contributed by atoms with E-state index in [2.05, 4.69) is 20.6 Å². The van der Waals surface area contributed by atoms with E-state index in [4.69, 9.17) is 4.74 Å². The topological polar surface area (TPSA) is 99.7 Å². The lowest BCUT2D eigenvalue weighted by Crippen LogP contribution is -2.42. The Morgan fingerprint density at radius 3 is 2.58 bits per heavy atom. The third-order valence-electron chi connectivity index (χ3n) is 4.10. The van der Waals surface area contributed by atoms with E-state index in [-0.39, 0.29) is 18.0 Å². The molecule has 9 nitrogen and oxygen atoms in total. The molecule has 1 aliphatic rings. The fourth-order valence-electron chi connectivity index (χ4n) is 2.63. The first kappa shape index (κ1) is 19.9. The van der Waals surface area contributed by atoms with Crippen LogP contribution in [0.5, 0.6) is 0 Å². The van der Waals surface area contributed by atoms with Crippen molar-refractivity contribution in [1.82, 2.24) is 25.1 Å². The van der Waals surface area contributed by atoms with Crippen LogP contribution in [0.25, 0.3) is 0 Å². The Balaban J connectivity index is 1.77. The Hall–Kier alpha value is -2.42. The summed E-state index contributed by atoms with van der Waals surface area (Å²) in [7, 11) is 3.90. The van der Waals surface area contributed by atoms with E-state index in [1.807, 2.05) is 19.0 Å². The van der Waals surface area contributed by atoms with Crippen LogP contribution in [0.4, 0.5) is 10.6 Å². The van der Waals surface area contributed by atoms with Gasteiger partial charge in [-0.1, -0.05) is 0 Å². The average Bonchev–Trinajstić information content (AvgIpc) is 2.63. The number of amides is 2. The monoisotopic (exact) mass is 364 g/mol. The van der Waals surface area contributed by atoms with Crippen LogP contribution < -0.4 is 10.6 Å². The van der Waals surface area contributed by atoms with Crippen molar-refractivity contribution in [2.45, 2.75) is 25.8 Å². The Morgan fingerprint density at radius 1 is 1.27 bits per heavy atom. The minimum atomic E-state index is -0.254. The third-order valence-corrected chi connectivity index (χ3v) is 4.10. The molecular weight excluding hydrogens is 336 g/mol. The second kappa shape index (κ2) is 9.91. The van der Waals surface area contributed by atoms with Crippen molar-refractivity contribution in [1.29, 1.82) is 0 Å². The number of carbonyl (C=O) groups is 2. The smallest absolute Gasteiger partial charge is 0.409 e. The summed E-state index contributed by atoms with van der Waals surface area (Å²) in [5.74, 6) is 0.401. The number of aromatic nitrogens is 2. The van der Waals surface area contributed by atoms with E-state index < -0.39 is 0 Å². The molecule has 1 aliphatic heterocycles. The molecule has 2 rings (SSSR count). The van der Waals surface area contributed by atoms with Crippen molar-refractivity contribution < 1.29 is 14.3 Å². The van der Waals surface area contributed by atoms with Crippen LogP contribution in [0, 0.1) is 0 Å². The van der Waals surface area contributed by atoms with Gasteiger partial charge < -0.3 is 25.2 Å². The highest BCUT2D eigenvalue weighted by atomic mass is 16.6. The molecule has 0 atom stereocenters. The van der Waals surface area contributed by atoms with Crippen LogP contribution in [-0.4, -0.2) is 84.7 Å². The molecule has 0 spiro atoms. The molecule has 1 aromatic heterocycles. The second-order valence-electron chi connectivity index (χ2n) is 6.45. The number of nitrogens with one attached hydrogen (secondary N) is 2. The number of rotatable bonds is 7. The van der Waals surface area contributed by atoms with Gasteiger partial charge in [-0.2, -0.15) is 0 Å².